The summed E-state index contributed by atoms with van der Waals surface area (Å²) in [4.78, 5) is 45.2. The van der Waals surface area contributed by atoms with Crippen molar-refractivity contribution in [2.24, 2.45) is 21.7 Å². The minimum Gasteiger partial charge on any atom is -0.507 e. The number of aldehydes is 2. The van der Waals surface area contributed by atoms with E-state index < -0.39 is 0 Å². The molecule has 2 aromatic carbocycles. The molecule has 6 atom stereocenters. The summed E-state index contributed by atoms with van der Waals surface area (Å²) >= 11 is 1.70. The molecule has 4 aliphatic carbocycles. The molecule has 4 heterocycles. The van der Waals surface area contributed by atoms with Crippen LogP contribution >= 0.6 is 22.9 Å². The molecule has 6 unspecified atom stereocenters. The van der Waals surface area contributed by atoms with E-state index in [1.54, 1.807) is 41.2 Å². The molecule has 4 aromatic heterocycles. The van der Waals surface area contributed by atoms with Crippen molar-refractivity contribution in [2.45, 2.75) is 196 Å². The number of aromatic hydroxyl groups is 3. The number of hydrogen-bond acceptors (Lipinski definition) is 16. The average molecular weight is 1330 g/mol. The van der Waals surface area contributed by atoms with Crippen LogP contribution in [0.2, 0.25) is 1.41 Å². The number of ether oxygens (including phenoxy) is 3. The van der Waals surface area contributed by atoms with Crippen molar-refractivity contribution in [3.8, 4) is 23.0 Å². The Morgan fingerprint density at radius 1 is 0.614 bits per heavy atom. The summed E-state index contributed by atoms with van der Waals surface area (Å²) in [5.74, 6) is 1.86. The fraction of sp³-hybridized carbons (Fsp3) is 0.552. The number of aromatic nitrogens is 8. The van der Waals surface area contributed by atoms with Crippen molar-refractivity contribution in [1.82, 2.24) is 39.1 Å². The van der Waals surface area contributed by atoms with Crippen LogP contribution in [-0.4, -0.2) is 110 Å². The second-order valence-electron chi connectivity index (χ2n) is 23.3. The lowest BCUT2D eigenvalue weighted by molar-refractivity contribution is -0.148. The van der Waals surface area contributed by atoms with Gasteiger partial charge < -0.3 is 34.6 Å². The number of aliphatic hydroxyl groups is 1. The van der Waals surface area contributed by atoms with Gasteiger partial charge in [0.1, 0.15) is 24.4 Å². The normalized spacial score (nSPS) is 19.3. The van der Waals surface area contributed by atoms with E-state index in [2.05, 4.69) is 97.3 Å². The van der Waals surface area contributed by atoms with E-state index in [9.17, 15) is 29.4 Å². The molecule has 484 valence electrons. The molecule has 10 rings (SSSR count). The first-order valence-electron chi connectivity index (χ1n) is 31.3. The molecule has 0 amide bonds. The number of allylic oxidation sites excluding steroid dienone is 1. The van der Waals surface area contributed by atoms with E-state index in [0.717, 1.165) is 74.6 Å². The molecule has 20 nitrogen and oxygen atoms in total. The van der Waals surface area contributed by atoms with Gasteiger partial charge in [-0.1, -0.05) is 38.8 Å². The SMILES string of the molecule is C.CC(C)n1nccc1C1CCCC1CO.CC(C)n1nccc1C1CCCC1COc1cccc(O)c1C=O.CCOC(=O)C1=C(c2ccnn2C(C)C)CCC1.CCOC(=O)C1CCCC1c1ccnn1C(C)C.O=Cc1c(O)cccc1O.[3H]NI. The zero-order valence-corrected chi connectivity index (χ0v) is 54.6. The fourth-order valence-corrected chi connectivity index (χ4v) is 12.3. The highest BCUT2D eigenvalue weighted by Gasteiger charge is 2.37. The first kappa shape index (κ1) is 71.9. The third-order valence-corrected chi connectivity index (χ3v) is 16.4. The number of phenolic OH excluding ortho intramolecular Hbond substituents is 3. The van der Waals surface area contributed by atoms with Gasteiger partial charge in [-0.25, -0.2) is 4.79 Å². The Labute approximate surface area is 536 Å². The molecule has 6 N–H and O–H groups in total. The zero-order valence-electron chi connectivity index (χ0n) is 53.4. The van der Waals surface area contributed by atoms with Crippen LogP contribution in [0.5, 0.6) is 23.0 Å². The van der Waals surface area contributed by atoms with Gasteiger partial charge in [-0.05, 0) is 187 Å². The highest BCUT2D eigenvalue weighted by molar-refractivity contribution is 14.1. The number of rotatable bonds is 18. The average Bonchev–Trinajstić information content (AvgIpc) is 3.13. The van der Waals surface area contributed by atoms with E-state index >= 15 is 0 Å². The summed E-state index contributed by atoms with van der Waals surface area (Å²) in [6, 6.07) is 18.7. The molecule has 3 saturated carbocycles. The molecular formula is C67H98IN9O11. The van der Waals surface area contributed by atoms with Crippen molar-refractivity contribution in [1.29, 1.82) is 0 Å². The van der Waals surface area contributed by atoms with Gasteiger partial charge in [-0.2, -0.15) is 20.4 Å². The van der Waals surface area contributed by atoms with Crippen LogP contribution in [0.15, 0.2) is 91.0 Å². The molecule has 0 spiro atoms. The van der Waals surface area contributed by atoms with Crippen LogP contribution in [0.25, 0.3) is 5.57 Å². The maximum atomic E-state index is 12.0. The van der Waals surface area contributed by atoms with Gasteiger partial charge in [0.25, 0.3) is 0 Å². The molecule has 0 saturated heterocycles. The van der Waals surface area contributed by atoms with Crippen molar-refractivity contribution in [3.63, 3.8) is 0 Å². The molecule has 0 bridgehead atoms. The number of nitrogens with zero attached hydrogens (tertiary/aromatic N) is 8. The van der Waals surface area contributed by atoms with Gasteiger partial charge in [-0.3, -0.25) is 37.1 Å². The summed E-state index contributed by atoms with van der Waals surface area (Å²) < 4.78 is 32.3. The van der Waals surface area contributed by atoms with E-state index in [0.29, 0.717) is 92.6 Å². The summed E-state index contributed by atoms with van der Waals surface area (Å²) in [5.41, 5.74) is 6.91. The lowest BCUT2D eigenvalue weighted by Crippen LogP contribution is -2.23. The highest BCUT2D eigenvalue weighted by Crippen LogP contribution is 2.43. The van der Waals surface area contributed by atoms with Crippen LogP contribution in [0.4, 0.5) is 0 Å². The van der Waals surface area contributed by atoms with E-state index in [4.69, 9.17) is 25.8 Å². The Morgan fingerprint density at radius 2 is 1.06 bits per heavy atom. The lowest BCUT2D eigenvalue weighted by Gasteiger charge is -2.23. The Bertz CT molecular complexity index is 3110. The molecule has 0 radical (unpaired) electrons. The Balaban J connectivity index is 0.000000239. The van der Waals surface area contributed by atoms with E-state index in [1.807, 2.05) is 57.9 Å². The maximum Gasteiger partial charge on any atom is 0.334 e. The van der Waals surface area contributed by atoms with E-state index in [1.165, 1.54) is 60.6 Å². The monoisotopic (exact) mass is 1330 g/mol. The van der Waals surface area contributed by atoms with Crippen LogP contribution in [0.3, 0.4) is 0 Å². The third-order valence-electron chi connectivity index (χ3n) is 16.4. The first-order valence-corrected chi connectivity index (χ1v) is 31.8. The standard InChI is InChI=1S/C19H24N2O3.C14H22N2O2.C14H20N2O2.C12H20N2O.C7H6O3.CH4.H2IN/c1-13(2)21-17(9-10-20-21)15-6-3-5-14(15)12-24-19-8-4-7-18(23)16(19)11-22;2*1-4-18-14(17)12-7-5-6-11(12)13-8-9-15-16(13)10(2)3;1-9(2)14-12(6-7-13-14)11-5-3-4-10(11)8-15;8-4-5-6(9)2-1-3-7(5)10;;1-2/h4,7-11,13-15,23H,3,5-6,12H2,1-2H3;8-12H,4-7H2,1-3H3;8-10H,4-7H2,1-3H3;6-7,9-11,15H,3-5,8H2,1-2H3;1-4,9-10H;1H4;2H2/i/hT. The molecule has 0 aliphatic heterocycles. The molecule has 4 aliphatic rings. The predicted molar refractivity (Wildman–Crippen MR) is 351 cm³/mol. The van der Waals surface area contributed by atoms with Crippen LogP contribution in [0.1, 0.15) is 239 Å². The summed E-state index contributed by atoms with van der Waals surface area (Å²) in [7, 11) is 0. The smallest absolute Gasteiger partial charge is 0.334 e. The van der Waals surface area contributed by atoms with Gasteiger partial charge >= 0.3 is 11.9 Å². The van der Waals surface area contributed by atoms with Crippen molar-refractivity contribution in [3.05, 3.63) is 125 Å². The number of carbonyl (C=O) groups is 4. The van der Waals surface area contributed by atoms with Gasteiger partial charge in [0.15, 0.2) is 12.6 Å². The number of aliphatic hydroxyl groups excluding tert-OH is 1. The maximum absolute atomic E-state index is 12.0. The molecular weight excluding hydrogens is 1230 g/mol. The van der Waals surface area contributed by atoms with Crippen molar-refractivity contribution < 1.29 is 55.2 Å². The first-order chi connectivity index (χ1) is 42.3. The number of esters is 2. The number of phenols is 3. The number of nitrogens with two attached hydrogens (primary N) is 1. The van der Waals surface area contributed by atoms with E-state index in [-0.39, 0.29) is 59.6 Å². The summed E-state index contributed by atoms with van der Waals surface area (Å²) in [6.45, 7) is 22.4. The molecule has 88 heavy (non-hydrogen) atoms. The van der Waals surface area contributed by atoms with Crippen LogP contribution in [-0.2, 0) is 19.1 Å². The number of halogens is 1. The van der Waals surface area contributed by atoms with Gasteiger partial charge in [0.2, 0.25) is 0 Å². The largest absolute Gasteiger partial charge is 0.507 e. The lowest BCUT2D eigenvalue weighted by atomic mass is 9.92. The summed E-state index contributed by atoms with van der Waals surface area (Å²) in [5, 5.41) is 54.4. The second kappa shape index (κ2) is 37.2. The van der Waals surface area contributed by atoms with Crippen molar-refractivity contribution in [2.75, 3.05) is 26.4 Å². The van der Waals surface area contributed by atoms with Gasteiger partial charge in [0, 0.05) is 125 Å². The number of hydrogen-bond donors (Lipinski definition) is 5. The topological polar surface area (TPSA) is 274 Å². The minimum absolute atomic E-state index is 0. The Kier molecular flexibility index (Phi) is 30.4. The van der Waals surface area contributed by atoms with Crippen molar-refractivity contribution >= 4 is 52.9 Å². The molecule has 3 fully saturated rings. The number of carbonyl (C=O) groups excluding carboxylic acids is 4. The molecule has 6 aromatic rings. The highest BCUT2D eigenvalue weighted by atomic mass is 127. The quantitative estimate of drug-likeness (QED) is 0.0231. The Morgan fingerprint density at radius 3 is 1.55 bits per heavy atom. The minimum atomic E-state index is -0.199. The van der Waals surface area contributed by atoms with Crippen LogP contribution < -0.4 is 8.68 Å². The Hall–Kier alpha value is -6.85. The number of benzene rings is 2. The summed E-state index contributed by atoms with van der Waals surface area (Å²) in [6.07, 6.45) is 21.3. The van der Waals surface area contributed by atoms with Gasteiger partial charge in [-0.15, -0.1) is 0 Å². The predicted octanol–water partition coefficient (Wildman–Crippen LogP) is 14.0. The second-order valence-corrected chi connectivity index (χ2v) is 23.3. The fourth-order valence-electron chi connectivity index (χ4n) is 12.3. The third kappa shape index (κ3) is 19.3. The molecule has 21 heteroatoms. The van der Waals surface area contributed by atoms with Crippen LogP contribution in [0, 0.1) is 17.8 Å². The van der Waals surface area contributed by atoms with Gasteiger partial charge in [0.05, 0.1) is 42.6 Å². The zero-order chi connectivity index (χ0) is 64.5.